The molecule has 0 unspecified atom stereocenters. The third-order valence-corrected chi connectivity index (χ3v) is 3.46. The second-order valence-electron chi connectivity index (χ2n) is 5.45. The lowest BCUT2D eigenvalue weighted by atomic mass is 10.1. The van der Waals surface area contributed by atoms with Crippen molar-refractivity contribution in [3.8, 4) is 5.75 Å². The van der Waals surface area contributed by atoms with E-state index in [9.17, 15) is 18.0 Å². The van der Waals surface area contributed by atoms with Crippen molar-refractivity contribution in [3.63, 3.8) is 0 Å². The second-order valence-corrected chi connectivity index (χ2v) is 5.45. The average Bonchev–Trinajstić information content (AvgIpc) is 2.54. The van der Waals surface area contributed by atoms with Crippen LogP contribution >= 0.6 is 0 Å². The summed E-state index contributed by atoms with van der Waals surface area (Å²) in [6.45, 7) is 2.15. The summed E-state index contributed by atoms with van der Waals surface area (Å²) in [4.78, 5) is 12.3. The summed E-state index contributed by atoms with van der Waals surface area (Å²) in [6, 6.07) is 12.0. The molecule has 0 saturated carbocycles. The Morgan fingerprint density at radius 2 is 1.84 bits per heavy atom. The maximum absolute atomic E-state index is 12.3. The summed E-state index contributed by atoms with van der Waals surface area (Å²) in [7, 11) is 1.57. The molecule has 0 heterocycles. The van der Waals surface area contributed by atoms with Crippen molar-refractivity contribution in [2.24, 2.45) is 0 Å². The number of benzene rings is 2. The van der Waals surface area contributed by atoms with Crippen LogP contribution in [0, 0.1) is 0 Å². The molecular weight excluding hydrogens is 335 g/mol. The smallest absolute Gasteiger partial charge is 0.406 e. The van der Waals surface area contributed by atoms with Gasteiger partial charge in [0.15, 0.2) is 0 Å². The summed E-state index contributed by atoms with van der Waals surface area (Å²) in [5.74, 6) is -0.580. The molecule has 0 aliphatic heterocycles. The van der Waals surface area contributed by atoms with Gasteiger partial charge in [-0.05, 0) is 42.3 Å². The van der Waals surface area contributed by atoms with Crippen molar-refractivity contribution < 1.29 is 27.4 Å². The quantitative estimate of drug-likeness (QED) is 0.846. The van der Waals surface area contributed by atoms with Crippen LogP contribution < -0.4 is 10.1 Å². The first-order valence-electron chi connectivity index (χ1n) is 7.53. The number of amides is 1. The Hall–Kier alpha value is -2.54. The molecule has 4 nitrogen and oxygen atoms in total. The van der Waals surface area contributed by atoms with E-state index in [1.807, 2.05) is 6.07 Å². The molecule has 7 heteroatoms. The molecule has 2 rings (SSSR count). The first kappa shape index (κ1) is 18.8. The number of hydrogen-bond acceptors (Lipinski definition) is 3. The molecule has 1 atom stereocenters. The van der Waals surface area contributed by atoms with Crippen molar-refractivity contribution in [3.05, 3.63) is 65.2 Å². The van der Waals surface area contributed by atoms with Gasteiger partial charge in [-0.1, -0.05) is 24.3 Å². The number of nitrogens with one attached hydrogen (secondary N) is 1. The van der Waals surface area contributed by atoms with Crippen LogP contribution in [0.2, 0.25) is 0 Å². The number of halogens is 3. The lowest BCUT2D eigenvalue weighted by Gasteiger charge is -2.16. The monoisotopic (exact) mass is 353 g/mol. The molecule has 2 aromatic carbocycles. The lowest BCUT2D eigenvalue weighted by Crippen LogP contribution is -2.26. The molecule has 25 heavy (non-hydrogen) atoms. The largest absolute Gasteiger partial charge is 0.573 e. The molecule has 1 amide bonds. The van der Waals surface area contributed by atoms with Crippen LogP contribution in [0.4, 0.5) is 13.2 Å². The minimum atomic E-state index is -4.73. The van der Waals surface area contributed by atoms with Gasteiger partial charge in [-0.3, -0.25) is 4.79 Å². The molecule has 0 aliphatic rings. The van der Waals surface area contributed by atoms with Crippen LogP contribution in [-0.2, 0) is 11.3 Å². The summed E-state index contributed by atoms with van der Waals surface area (Å²) >= 11 is 0. The Morgan fingerprint density at radius 3 is 2.44 bits per heavy atom. The van der Waals surface area contributed by atoms with Gasteiger partial charge in [0.1, 0.15) is 5.75 Å². The van der Waals surface area contributed by atoms with E-state index in [-0.39, 0.29) is 17.7 Å². The van der Waals surface area contributed by atoms with Crippen LogP contribution in [-0.4, -0.2) is 19.4 Å². The van der Waals surface area contributed by atoms with Gasteiger partial charge in [-0.15, -0.1) is 13.2 Å². The Bertz CT molecular complexity index is 714. The molecule has 2 aromatic rings. The van der Waals surface area contributed by atoms with Crippen LogP contribution in [0.3, 0.4) is 0 Å². The molecule has 0 fully saturated rings. The zero-order chi connectivity index (χ0) is 18.4. The highest BCUT2D eigenvalue weighted by atomic mass is 19.4. The fourth-order valence-corrected chi connectivity index (χ4v) is 2.29. The van der Waals surface area contributed by atoms with Gasteiger partial charge in [-0.25, -0.2) is 0 Å². The number of carbonyl (C=O) groups is 1. The standard InChI is InChI=1S/C18H18F3NO3/c1-12(14-6-8-16(9-7-14)25-18(19,20)21)22-17(23)15-5-3-4-13(10-15)11-24-2/h3-10,12H,11H2,1-2H3,(H,22,23)/t12-/m1/s1. The third kappa shape index (κ3) is 5.79. The van der Waals surface area contributed by atoms with E-state index >= 15 is 0 Å². The second kappa shape index (κ2) is 8.02. The topological polar surface area (TPSA) is 47.6 Å². The highest BCUT2D eigenvalue weighted by Gasteiger charge is 2.31. The van der Waals surface area contributed by atoms with Crippen molar-refractivity contribution in [1.82, 2.24) is 5.32 Å². The Labute approximate surface area is 143 Å². The SMILES string of the molecule is COCc1cccc(C(=O)N[C@H](C)c2ccc(OC(F)(F)F)cc2)c1. The van der Waals surface area contributed by atoms with Crippen LogP contribution in [0.15, 0.2) is 48.5 Å². The summed E-state index contributed by atoms with van der Waals surface area (Å²) in [6.07, 6.45) is -4.73. The molecule has 134 valence electrons. The number of hydrogen-bond donors (Lipinski definition) is 1. The molecule has 0 aliphatic carbocycles. The van der Waals surface area contributed by atoms with E-state index in [0.29, 0.717) is 17.7 Å². The third-order valence-electron chi connectivity index (χ3n) is 3.46. The average molecular weight is 353 g/mol. The zero-order valence-corrected chi connectivity index (χ0v) is 13.8. The van der Waals surface area contributed by atoms with E-state index in [1.54, 1.807) is 32.2 Å². The van der Waals surface area contributed by atoms with Crippen molar-refractivity contribution in [2.75, 3.05) is 7.11 Å². The number of alkyl halides is 3. The predicted octanol–water partition coefficient (Wildman–Crippen LogP) is 4.22. The first-order chi connectivity index (χ1) is 11.8. The maximum Gasteiger partial charge on any atom is 0.573 e. The van der Waals surface area contributed by atoms with Gasteiger partial charge >= 0.3 is 6.36 Å². The van der Waals surface area contributed by atoms with Gasteiger partial charge in [0.25, 0.3) is 5.91 Å². The van der Waals surface area contributed by atoms with Gasteiger partial charge in [0.2, 0.25) is 0 Å². The van der Waals surface area contributed by atoms with E-state index in [4.69, 9.17) is 4.74 Å². The molecule has 0 bridgehead atoms. The summed E-state index contributed by atoms with van der Waals surface area (Å²) in [5, 5.41) is 2.81. The van der Waals surface area contributed by atoms with Gasteiger partial charge in [0.05, 0.1) is 12.6 Å². The van der Waals surface area contributed by atoms with Crippen LogP contribution in [0.25, 0.3) is 0 Å². The molecule has 0 spiro atoms. The molecule has 0 saturated heterocycles. The highest BCUT2D eigenvalue weighted by Crippen LogP contribution is 2.24. The van der Waals surface area contributed by atoms with Gasteiger partial charge in [-0.2, -0.15) is 0 Å². The van der Waals surface area contributed by atoms with Crippen molar-refractivity contribution in [2.45, 2.75) is 25.9 Å². The van der Waals surface area contributed by atoms with Crippen molar-refractivity contribution >= 4 is 5.91 Å². The lowest BCUT2D eigenvalue weighted by molar-refractivity contribution is -0.274. The Morgan fingerprint density at radius 1 is 1.16 bits per heavy atom. The maximum atomic E-state index is 12.3. The van der Waals surface area contributed by atoms with Crippen LogP contribution in [0.5, 0.6) is 5.75 Å². The van der Waals surface area contributed by atoms with Crippen LogP contribution in [0.1, 0.15) is 34.5 Å². The fraction of sp³-hybridized carbons (Fsp3) is 0.278. The number of rotatable bonds is 6. The predicted molar refractivity (Wildman–Crippen MR) is 86.2 cm³/mol. The van der Waals surface area contributed by atoms with Gasteiger partial charge < -0.3 is 14.8 Å². The molecule has 0 aromatic heterocycles. The first-order valence-corrected chi connectivity index (χ1v) is 7.53. The van der Waals surface area contributed by atoms with E-state index in [2.05, 4.69) is 10.1 Å². The van der Waals surface area contributed by atoms with E-state index in [1.165, 1.54) is 24.3 Å². The van der Waals surface area contributed by atoms with Crippen molar-refractivity contribution in [1.29, 1.82) is 0 Å². The highest BCUT2D eigenvalue weighted by molar-refractivity contribution is 5.94. The Balaban J connectivity index is 2.02. The molecule has 1 N–H and O–H groups in total. The minimum absolute atomic E-state index is 0.277. The molecule has 0 radical (unpaired) electrons. The zero-order valence-electron chi connectivity index (χ0n) is 13.8. The van der Waals surface area contributed by atoms with E-state index < -0.39 is 6.36 Å². The molecular formula is C18H18F3NO3. The van der Waals surface area contributed by atoms with Gasteiger partial charge in [0, 0.05) is 12.7 Å². The minimum Gasteiger partial charge on any atom is -0.406 e. The normalized spacial score (nSPS) is 12.5. The number of carbonyl (C=O) groups excluding carboxylic acids is 1. The van der Waals surface area contributed by atoms with E-state index in [0.717, 1.165) is 5.56 Å². The number of ether oxygens (including phenoxy) is 2. The number of methoxy groups -OCH3 is 1. The summed E-state index contributed by atoms with van der Waals surface area (Å²) < 4.78 is 45.3. The fourth-order valence-electron chi connectivity index (χ4n) is 2.29. The Kier molecular flexibility index (Phi) is 6.03. The summed E-state index contributed by atoms with van der Waals surface area (Å²) in [5.41, 5.74) is 2.02.